The predicted octanol–water partition coefficient (Wildman–Crippen LogP) is 17.2. The van der Waals surface area contributed by atoms with Gasteiger partial charge in [-0.3, -0.25) is 4.79 Å². The first-order chi connectivity index (χ1) is 52.8. The molecule has 108 heavy (non-hydrogen) atoms. The summed E-state index contributed by atoms with van der Waals surface area (Å²) in [6.45, 7) is 1.79. The average molecular weight is 1540 g/mol. The Balaban J connectivity index is 1.29. The van der Waals surface area contributed by atoms with Gasteiger partial charge in [0.1, 0.15) is 73.2 Å². The van der Waals surface area contributed by atoms with Crippen LogP contribution in [0.5, 0.6) is 0 Å². The molecule has 3 saturated heterocycles. The Morgan fingerprint density at radius 2 is 0.593 bits per heavy atom. The number of amides is 1. The van der Waals surface area contributed by atoms with Crippen LogP contribution in [0, 0.1) is 0 Å². The van der Waals surface area contributed by atoms with E-state index in [4.69, 9.17) is 28.4 Å². The first-order valence-electron chi connectivity index (χ1n) is 45.6. The molecule has 0 radical (unpaired) electrons. The van der Waals surface area contributed by atoms with Crippen LogP contribution in [0.1, 0.15) is 406 Å². The second-order valence-electron chi connectivity index (χ2n) is 32.8. The number of unbranched alkanes of at least 4 members (excludes halogenated alkanes) is 57. The Bertz CT molecular complexity index is 2040. The molecule has 17 unspecified atom stereocenters. The molecule has 0 bridgehead atoms. The number of carbonyl (C=O) groups is 1. The van der Waals surface area contributed by atoms with Crippen molar-refractivity contribution in [1.82, 2.24) is 5.32 Å². The van der Waals surface area contributed by atoms with Crippen LogP contribution < -0.4 is 5.32 Å². The Morgan fingerprint density at radius 1 is 0.324 bits per heavy atom. The normalized spacial score (nSPS) is 25.4. The second-order valence-corrected chi connectivity index (χ2v) is 32.8. The van der Waals surface area contributed by atoms with E-state index in [1.54, 1.807) is 6.08 Å². The van der Waals surface area contributed by atoms with Crippen LogP contribution in [0.2, 0.25) is 0 Å². The van der Waals surface area contributed by atoms with E-state index in [9.17, 15) is 61.0 Å². The van der Waals surface area contributed by atoms with Crippen molar-refractivity contribution in [3.63, 3.8) is 0 Å². The lowest BCUT2D eigenvalue weighted by molar-refractivity contribution is -0.379. The summed E-state index contributed by atoms with van der Waals surface area (Å²) < 4.78 is 34.5. The van der Waals surface area contributed by atoms with Gasteiger partial charge in [0.25, 0.3) is 0 Å². The summed E-state index contributed by atoms with van der Waals surface area (Å²) in [5.74, 6) is -0.276. The third kappa shape index (κ3) is 48.0. The summed E-state index contributed by atoms with van der Waals surface area (Å²) in [6, 6.07) is -0.989. The lowest BCUT2D eigenvalue weighted by atomic mass is 9.96. The molecular weight excluding hydrogens is 1370 g/mol. The Kier molecular flexibility index (Phi) is 64.7. The average Bonchev–Trinajstić information content (AvgIpc) is 0.779. The number of aliphatic hydroxyl groups is 11. The summed E-state index contributed by atoms with van der Waals surface area (Å²) in [5, 5.41) is 121. The van der Waals surface area contributed by atoms with Crippen molar-refractivity contribution in [2.45, 2.75) is 510 Å². The lowest BCUT2D eigenvalue weighted by Gasteiger charge is -2.48. The number of hydrogen-bond acceptors (Lipinski definition) is 18. The minimum atomic E-state index is -1.98. The highest BCUT2D eigenvalue weighted by molar-refractivity contribution is 5.76. The van der Waals surface area contributed by atoms with Gasteiger partial charge in [0.05, 0.1) is 38.6 Å². The maximum absolute atomic E-state index is 13.5. The van der Waals surface area contributed by atoms with Gasteiger partial charge in [0.15, 0.2) is 18.9 Å². The fourth-order valence-electron chi connectivity index (χ4n) is 15.7. The number of carbonyl (C=O) groups excluding carboxylic acids is 1. The largest absolute Gasteiger partial charge is 0.394 e. The summed E-state index contributed by atoms with van der Waals surface area (Å²) in [6.07, 6.45) is 60.8. The van der Waals surface area contributed by atoms with Gasteiger partial charge in [0.2, 0.25) is 5.91 Å². The topological polar surface area (TPSA) is 307 Å². The van der Waals surface area contributed by atoms with Gasteiger partial charge in [-0.2, -0.15) is 0 Å². The fourth-order valence-corrected chi connectivity index (χ4v) is 15.7. The number of hydrogen-bond donors (Lipinski definition) is 12. The minimum Gasteiger partial charge on any atom is -0.394 e. The molecule has 17 atom stereocenters. The molecule has 1 amide bonds. The summed E-state index contributed by atoms with van der Waals surface area (Å²) in [4.78, 5) is 13.5. The maximum atomic E-state index is 13.5. The molecule has 0 aromatic heterocycles. The van der Waals surface area contributed by atoms with Crippen LogP contribution in [0.4, 0.5) is 0 Å². The van der Waals surface area contributed by atoms with Crippen molar-refractivity contribution in [3.8, 4) is 0 Å². The molecule has 19 heteroatoms. The summed E-state index contributed by atoms with van der Waals surface area (Å²) in [5.41, 5.74) is 0. The van der Waals surface area contributed by atoms with Crippen LogP contribution in [-0.4, -0.2) is 193 Å². The van der Waals surface area contributed by atoms with Crippen molar-refractivity contribution in [2.24, 2.45) is 0 Å². The number of nitrogens with one attached hydrogen (secondary N) is 1. The molecule has 19 nitrogen and oxygen atoms in total. The molecule has 3 aliphatic heterocycles. The standard InChI is InChI=1S/C89H169NO18/c1-3-5-7-9-11-13-15-17-19-21-23-25-27-28-29-30-31-32-33-34-35-36-37-38-39-40-41-42-43-44-45-47-49-51-53-55-57-59-61-63-65-67-77(95)90-72(73(94)66-64-62-60-58-56-54-52-50-48-46-26-24-22-20-18-16-14-12-10-8-6-4-2)71-103-87-83(101)80(98)85(75(69-92)105-87)108-89-84(102)81(99)86(76(70-93)106-89)107-88-82(100)79(97)78(96)74(68-91)104-88/h56,58,64,66,72-76,78-89,91-94,96-102H,3-55,57,59-63,65,67-71H2,1-2H3,(H,90,95)/b58-56+,66-64+. The van der Waals surface area contributed by atoms with E-state index in [0.29, 0.717) is 12.8 Å². The third-order valence-electron chi connectivity index (χ3n) is 23.0. The van der Waals surface area contributed by atoms with Crippen LogP contribution in [-0.2, 0) is 33.2 Å². The number of rotatable bonds is 75. The summed E-state index contributed by atoms with van der Waals surface area (Å²) in [7, 11) is 0. The highest BCUT2D eigenvalue weighted by Gasteiger charge is 2.54. The molecule has 3 aliphatic rings. The van der Waals surface area contributed by atoms with E-state index in [1.807, 2.05) is 6.08 Å². The molecule has 3 heterocycles. The molecule has 0 aromatic carbocycles. The molecule has 12 N–H and O–H groups in total. The van der Waals surface area contributed by atoms with Gasteiger partial charge in [-0.05, 0) is 32.1 Å². The zero-order valence-corrected chi connectivity index (χ0v) is 68.9. The molecular formula is C89H169NO18. The van der Waals surface area contributed by atoms with Gasteiger partial charge in [-0.1, -0.05) is 391 Å². The maximum Gasteiger partial charge on any atom is 0.220 e. The molecule has 0 spiro atoms. The molecule has 0 aromatic rings. The zero-order chi connectivity index (χ0) is 78.1. The minimum absolute atomic E-state index is 0.241. The molecule has 3 fully saturated rings. The first-order valence-corrected chi connectivity index (χ1v) is 45.6. The van der Waals surface area contributed by atoms with Crippen LogP contribution in [0.3, 0.4) is 0 Å². The fraction of sp³-hybridized carbons (Fsp3) is 0.944. The highest BCUT2D eigenvalue weighted by Crippen LogP contribution is 2.34. The van der Waals surface area contributed by atoms with Crippen molar-refractivity contribution in [3.05, 3.63) is 24.3 Å². The van der Waals surface area contributed by atoms with Gasteiger partial charge in [0, 0.05) is 6.42 Å². The third-order valence-corrected chi connectivity index (χ3v) is 23.0. The smallest absolute Gasteiger partial charge is 0.220 e. The quantitative estimate of drug-likeness (QED) is 0.0199. The number of aliphatic hydroxyl groups excluding tert-OH is 11. The molecule has 0 saturated carbocycles. The summed E-state index contributed by atoms with van der Waals surface area (Å²) >= 11 is 0. The van der Waals surface area contributed by atoms with E-state index < -0.39 is 124 Å². The Labute approximate surface area is 658 Å². The van der Waals surface area contributed by atoms with Gasteiger partial charge < -0.3 is 89.9 Å². The molecule has 3 rings (SSSR count). The van der Waals surface area contributed by atoms with E-state index in [1.165, 1.54) is 334 Å². The SMILES string of the molecule is CCCCCCCCCCCCCCCCCC/C=C/CC/C=C/C(O)C(COC1OC(CO)C(OC2OC(CO)C(OC3OC(CO)C(O)C(O)C3O)C(O)C2O)C(O)C1O)NC(=O)CCCCCCCCCCCCCCCCCCCCCCCCCCCCCCCCCCCCCCCCCCC. The zero-order valence-electron chi connectivity index (χ0n) is 68.9. The second kappa shape index (κ2) is 69.6. The van der Waals surface area contributed by atoms with Crippen LogP contribution >= 0.6 is 0 Å². The monoisotopic (exact) mass is 1540 g/mol. The van der Waals surface area contributed by atoms with Crippen molar-refractivity contribution in [2.75, 3.05) is 26.4 Å². The van der Waals surface area contributed by atoms with Crippen LogP contribution in [0.25, 0.3) is 0 Å². The lowest BCUT2D eigenvalue weighted by Crippen LogP contribution is -2.66. The predicted molar refractivity (Wildman–Crippen MR) is 434 cm³/mol. The van der Waals surface area contributed by atoms with Gasteiger partial charge >= 0.3 is 0 Å². The molecule has 638 valence electrons. The van der Waals surface area contributed by atoms with E-state index in [0.717, 1.165) is 38.5 Å². The number of allylic oxidation sites excluding steroid dienone is 3. The Morgan fingerprint density at radius 3 is 0.926 bits per heavy atom. The molecule has 0 aliphatic carbocycles. The van der Waals surface area contributed by atoms with E-state index >= 15 is 0 Å². The van der Waals surface area contributed by atoms with Crippen molar-refractivity contribution in [1.29, 1.82) is 0 Å². The van der Waals surface area contributed by atoms with Crippen LogP contribution in [0.15, 0.2) is 24.3 Å². The highest BCUT2D eigenvalue weighted by atomic mass is 16.8. The number of ether oxygens (including phenoxy) is 6. The van der Waals surface area contributed by atoms with E-state index in [2.05, 4.69) is 31.3 Å². The Hall–Kier alpha value is -1.73. The van der Waals surface area contributed by atoms with Gasteiger partial charge in [-0.25, -0.2) is 0 Å². The van der Waals surface area contributed by atoms with Crippen molar-refractivity contribution < 1.29 is 89.4 Å². The van der Waals surface area contributed by atoms with E-state index in [-0.39, 0.29) is 18.9 Å². The van der Waals surface area contributed by atoms with Crippen molar-refractivity contribution >= 4 is 5.91 Å². The van der Waals surface area contributed by atoms with Gasteiger partial charge in [-0.15, -0.1) is 0 Å². The first kappa shape index (κ1) is 100.